The van der Waals surface area contributed by atoms with Gasteiger partial charge < -0.3 is 15.8 Å². The Bertz CT molecular complexity index is 449. The molecule has 1 unspecified atom stereocenters. The number of carbonyl (C=O) groups excluding carboxylic acids is 1. The molecular formula is C14H22N2O2S. The summed E-state index contributed by atoms with van der Waals surface area (Å²) >= 11 is 1.83. The number of carbonyl (C=O) groups is 1. The summed E-state index contributed by atoms with van der Waals surface area (Å²) in [6, 6.07) is 3.70. The minimum Gasteiger partial charge on any atom is -0.465 e. The van der Waals surface area contributed by atoms with Crippen molar-refractivity contribution in [3.63, 3.8) is 0 Å². The zero-order valence-corrected chi connectivity index (χ0v) is 12.8. The predicted molar refractivity (Wildman–Crippen MR) is 83.0 cm³/mol. The van der Waals surface area contributed by atoms with Crippen LogP contribution in [0.2, 0.25) is 0 Å². The molecule has 0 amide bonds. The number of nitrogens with two attached hydrogens (primary N) is 1. The number of hydrogen-bond donors (Lipinski definition) is 2. The van der Waals surface area contributed by atoms with Crippen LogP contribution in [-0.2, 0) is 4.74 Å². The number of aryl methyl sites for hydroxylation is 1. The summed E-state index contributed by atoms with van der Waals surface area (Å²) < 4.78 is 4.74. The fraction of sp³-hybridized carbons (Fsp3) is 0.500. The number of thioether (sulfide) groups is 1. The molecule has 0 spiro atoms. The average molecular weight is 282 g/mol. The highest BCUT2D eigenvalue weighted by Crippen LogP contribution is 2.23. The molecular weight excluding hydrogens is 260 g/mol. The molecule has 5 heteroatoms. The minimum absolute atomic E-state index is 0.401. The fourth-order valence-corrected chi connectivity index (χ4v) is 2.50. The number of ether oxygens (including phenoxy) is 1. The van der Waals surface area contributed by atoms with Crippen LogP contribution in [0.15, 0.2) is 12.1 Å². The van der Waals surface area contributed by atoms with Gasteiger partial charge in [0.25, 0.3) is 0 Å². The highest BCUT2D eigenvalue weighted by atomic mass is 32.2. The molecule has 1 rings (SSSR count). The van der Waals surface area contributed by atoms with Crippen LogP contribution in [-0.4, -0.2) is 31.6 Å². The minimum atomic E-state index is -0.401. The summed E-state index contributed by atoms with van der Waals surface area (Å²) in [5, 5.41) is 3.34. The molecule has 0 aliphatic heterocycles. The van der Waals surface area contributed by atoms with Gasteiger partial charge in [0, 0.05) is 17.9 Å². The van der Waals surface area contributed by atoms with Crippen molar-refractivity contribution in [3.8, 4) is 0 Å². The molecule has 0 bridgehead atoms. The third kappa shape index (κ3) is 4.35. The number of esters is 1. The van der Waals surface area contributed by atoms with Crippen molar-refractivity contribution >= 4 is 29.1 Å². The third-order valence-corrected chi connectivity index (χ3v) is 3.80. The largest absolute Gasteiger partial charge is 0.465 e. The zero-order chi connectivity index (χ0) is 14.4. The van der Waals surface area contributed by atoms with E-state index in [1.54, 1.807) is 6.07 Å². The molecule has 106 valence electrons. The monoisotopic (exact) mass is 282 g/mol. The molecule has 0 aliphatic rings. The predicted octanol–water partition coefficient (Wildman–Crippen LogP) is 2.77. The molecule has 0 saturated carbocycles. The van der Waals surface area contributed by atoms with Crippen LogP contribution in [0.4, 0.5) is 11.4 Å². The van der Waals surface area contributed by atoms with Crippen molar-refractivity contribution in [2.24, 2.45) is 5.92 Å². The van der Waals surface area contributed by atoms with Crippen LogP contribution >= 0.6 is 11.8 Å². The zero-order valence-electron chi connectivity index (χ0n) is 11.9. The Morgan fingerprint density at radius 3 is 2.79 bits per heavy atom. The number of rotatable bonds is 6. The van der Waals surface area contributed by atoms with E-state index in [-0.39, 0.29) is 0 Å². The van der Waals surface area contributed by atoms with Crippen molar-refractivity contribution in [2.75, 3.05) is 36.7 Å². The van der Waals surface area contributed by atoms with E-state index in [0.717, 1.165) is 23.5 Å². The van der Waals surface area contributed by atoms with Gasteiger partial charge in [-0.05, 0) is 42.5 Å². The number of benzene rings is 1. The van der Waals surface area contributed by atoms with Crippen LogP contribution in [0.25, 0.3) is 0 Å². The summed E-state index contributed by atoms with van der Waals surface area (Å²) in [6.07, 6.45) is 2.10. The standard InChI is InChI=1S/C14H22N2O2S/c1-9(8-19-4)7-16-11-5-10(2)13(15)12(6-11)14(17)18-3/h5-6,9,16H,7-8,15H2,1-4H3. The van der Waals surface area contributed by atoms with Crippen LogP contribution in [0.3, 0.4) is 0 Å². The van der Waals surface area contributed by atoms with Gasteiger partial charge in [0.15, 0.2) is 0 Å². The number of nitrogen functional groups attached to an aromatic ring is 1. The van der Waals surface area contributed by atoms with Gasteiger partial charge in [0.2, 0.25) is 0 Å². The van der Waals surface area contributed by atoms with Crippen molar-refractivity contribution in [2.45, 2.75) is 13.8 Å². The number of hydrogen-bond acceptors (Lipinski definition) is 5. The Balaban J connectivity index is 2.85. The smallest absolute Gasteiger partial charge is 0.340 e. The summed E-state index contributed by atoms with van der Waals surface area (Å²) in [4.78, 5) is 11.6. The number of nitrogens with one attached hydrogen (secondary N) is 1. The van der Waals surface area contributed by atoms with Gasteiger partial charge in [-0.15, -0.1) is 0 Å². The molecule has 0 aliphatic carbocycles. The van der Waals surface area contributed by atoms with Gasteiger partial charge >= 0.3 is 5.97 Å². The SMILES string of the molecule is COC(=O)c1cc(NCC(C)CSC)cc(C)c1N. The van der Waals surface area contributed by atoms with E-state index in [9.17, 15) is 4.79 Å². The highest BCUT2D eigenvalue weighted by Gasteiger charge is 2.13. The van der Waals surface area contributed by atoms with E-state index in [0.29, 0.717) is 17.2 Å². The van der Waals surface area contributed by atoms with Crippen molar-refractivity contribution < 1.29 is 9.53 Å². The Morgan fingerprint density at radius 2 is 2.21 bits per heavy atom. The number of anilines is 2. The van der Waals surface area contributed by atoms with E-state index in [1.165, 1.54) is 7.11 Å². The summed E-state index contributed by atoms with van der Waals surface area (Å²) in [5.41, 5.74) is 8.58. The topological polar surface area (TPSA) is 64.3 Å². The van der Waals surface area contributed by atoms with Crippen molar-refractivity contribution in [3.05, 3.63) is 23.3 Å². The van der Waals surface area contributed by atoms with E-state index >= 15 is 0 Å². The molecule has 0 heterocycles. The Labute approximate surface area is 119 Å². The molecule has 0 radical (unpaired) electrons. The van der Waals surface area contributed by atoms with Gasteiger partial charge in [-0.1, -0.05) is 6.92 Å². The maximum Gasteiger partial charge on any atom is 0.340 e. The number of methoxy groups -OCH3 is 1. The van der Waals surface area contributed by atoms with Crippen LogP contribution in [0.1, 0.15) is 22.8 Å². The lowest BCUT2D eigenvalue weighted by Crippen LogP contribution is -2.14. The van der Waals surface area contributed by atoms with Gasteiger partial charge in [0.05, 0.1) is 12.7 Å². The molecule has 19 heavy (non-hydrogen) atoms. The third-order valence-electron chi connectivity index (χ3n) is 2.90. The van der Waals surface area contributed by atoms with E-state index in [4.69, 9.17) is 10.5 Å². The molecule has 0 aromatic heterocycles. The first-order chi connectivity index (χ1) is 8.99. The quantitative estimate of drug-likeness (QED) is 0.620. The summed E-state index contributed by atoms with van der Waals surface area (Å²) in [5.74, 6) is 1.26. The van der Waals surface area contributed by atoms with E-state index in [2.05, 4.69) is 18.5 Å². The Morgan fingerprint density at radius 1 is 1.53 bits per heavy atom. The first-order valence-electron chi connectivity index (χ1n) is 6.20. The summed E-state index contributed by atoms with van der Waals surface area (Å²) in [6.45, 7) is 4.94. The molecule has 1 aromatic carbocycles. The van der Waals surface area contributed by atoms with Gasteiger partial charge in [-0.25, -0.2) is 4.79 Å². The maximum absolute atomic E-state index is 11.6. The van der Waals surface area contributed by atoms with E-state index < -0.39 is 5.97 Å². The van der Waals surface area contributed by atoms with Crippen molar-refractivity contribution in [1.29, 1.82) is 0 Å². The lowest BCUT2D eigenvalue weighted by molar-refractivity contribution is 0.0602. The van der Waals surface area contributed by atoms with Gasteiger partial charge in [-0.2, -0.15) is 11.8 Å². The Kier molecular flexibility index (Phi) is 6.02. The van der Waals surface area contributed by atoms with Crippen LogP contribution < -0.4 is 11.1 Å². The van der Waals surface area contributed by atoms with Crippen LogP contribution in [0, 0.1) is 12.8 Å². The first kappa shape index (κ1) is 15.7. The molecule has 0 fully saturated rings. The summed E-state index contributed by atoms with van der Waals surface area (Å²) in [7, 11) is 1.36. The lowest BCUT2D eigenvalue weighted by atomic mass is 10.1. The Hall–Kier alpha value is -1.36. The first-order valence-corrected chi connectivity index (χ1v) is 7.60. The maximum atomic E-state index is 11.6. The van der Waals surface area contributed by atoms with Gasteiger partial charge in [-0.3, -0.25) is 0 Å². The van der Waals surface area contributed by atoms with Crippen molar-refractivity contribution in [1.82, 2.24) is 0 Å². The molecule has 0 saturated heterocycles. The fourth-order valence-electron chi connectivity index (χ4n) is 1.81. The van der Waals surface area contributed by atoms with Crippen LogP contribution in [0.5, 0.6) is 0 Å². The molecule has 1 aromatic rings. The normalized spacial score (nSPS) is 12.0. The second-order valence-electron chi connectivity index (χ2n) is 4.69. The molecule has 3 N–H and O–H groups in total. The molecule has 4 nitrogen and oxygen atoms in total. The van der Waals surface area contributed by atoms with Gasteiger partial charge in [0.1, 0.15) is 0 Å². The second-order valence-corrected chi connectivity index (χ2v) is 5.60. The molecule has 1 atom stereocenters. The van der Waals surface area contributed by atoms with E-state index in [1.807, 2.05) is 24.8 Å². The highest BCUT2D eigenvalue weighted by molar-refractivity contribution is 7.98. The second kappa shape index (κ2) is 7.28. The average Bonchev–Trinajstić information content (AvgIpc) is 2.39. The lowest BCUT2D eigenvalue weighted by Gasteiger charge is -2.15.